The Morgan fingerprint density at radius 3 is 2.74 bits per heavy atom. The Balaban J connectivity index is 2.17. The van der Waals surface area contributed by atoms with Crippen LogP contribution in [-0.4, -0.2) is 22.0 Å². The summed E-state index contributed by atoms with van der Waals surface area (Å²) < 4.78 is 12.6. The van der Waals surface area contributed by atoms with E-state index < -0.39 is 6.10 Å². The Labute approximate surface area is 112 Å². The summed E-state index contributed by atoms with van der Waals surface area (Å²) in [7, 11) is 3.45. The second-order valence-electron chi connectivity index (χ2n) is 4.35. The number of nitrogens with zero attached hydrogens (tertiary/aromatic N) is 2. The molecule has 5 heteroatoms. The molecule has 1 aromatic carbocycles. The molecule has 0 saturated carbocycles. The minimum Gasteiger partial charge on any atom is -0.497 e. The predicted molar refractivity (Wildman–Crippen MR) is 71.2 cm³/mol. The van der Waals surface area contributed by atoms with Crippen LogP contribution in [0.3, 0.4) is 0 Å². The van der Waals surface area contributed by atoms with Crippen molar-refractivity contribution in [3.63, 3.8) is 0 Å². The molecule has 1 N–H and O–H groups in total. The Hall–Kier alpha value is -2.01. The Bertz CT molecular complexity index is 549. The lowest BCUT2D eigenvalue weighted by Crippen LogP contribution is -2.02. The minimum atomic E-state index is -0.593. The fourth-order valence-corrected chi connectivity index (χ4v) is 1.80. The van der Waals surface area contributed by atoms with Crippen molar-refractivity contribution in [3.05, 3.63) is 41.7 Å². The van der Waals surface area contributed by atoms with Crippen molar-refractivity contribution in [2.75, 3.05) is 7.11 Å². The van der Waals surface area contributed by atoms with Gasteiger partial charge in [0.1, 0.15) is 18.1 Å². The van der Waals surface area contributed by atoms with Crippen molar-refractivity contribution >= 4 is 0 Å². The average molecular weight is 262 g/mol. The van der Waals surface area contributed by atoms with Crippen molar-refractivity contribution < 1.29 is 14.6 Å². The van der Waals surface area contributed by atoms with E-state index >= 15 is 0 Å². The average Bonchev–Trinajstić information content (AvgIpc) is 2.81. The van der Waals surface area contributed by atoms with Crippen LogP contribution >= 0.6 is 0 Å². The van der Waals surface area contributed by atoms with E-state index in [9.17, 15) is 5.11 Å². The number of ether oxygens (including phenoxy) is 2. The summed E-state index contributed by atoms with van der Waals surface area (Å²) in [6, 6.07) is 7.26. The van der Waals surface area contributed by atoms with Crippen LogP contribution in [0.15, 0.2) is 30.5 Å². The molecule has 0 spiro atoms. The molecule has 0 unspecified atom stereocenters. The van der Waals surface area contributed by atoms with Gasteiger partial charge in [0.05, 0.1) is 18.9 Å². The van der Waals surface area contributed by atoms with Gasteiger partial charge in [0.2, 0.25) is 0 Å². The van der Waals surface area contributed by atoms with Gasteiger partial charge in [-0.05, 0) is 25.1 Å². The molecule has 0 saturated heterocycles. The Morgan fingerprint density at radius 1 is 1.37 bits per heavy atom. The zero-order chi connectivity index (χ0) is 13.8. The Kier molecular flexibility index (Phi) is 4.06. The van der Waals surface area contributed by atoms with Gasteiger partial charge in [-0.25, -0.2) is 0 Å². The molecule has 1 aromatic heterocycles. The molecule has 1 heterocycles. The fourth-order valence-electron chi connectivity index (χ4n) is 1.80. The van der Waals surface area contributed by atoms with Crippen LogP contribution in [0, 0.1) is 0 Å². The molecule has 0 amide bonds. The smallest absolute Gasteiger partial charge is 0.132 e. The van der Waals surface area contributed by atoms with E-state index in [1.54, 1.807) is 36.9 Å². The zero-order valence-electron chi connectivity index (χ0n) is 11.3. The third-order valence-electron chi connectivity index (χ3n) is 2.82. The molecular formula is C14H18N2O3. The number of aliphatic hydroxyl groups is 1. The third kappa shape index (κ3) is 3.26. The molecule has 0 radical (unpaired) electrons. The van der Waals surface area contributed by atoms with Gasteiger partial charge in [-0.1, -0.05) is 0 Å². The molecule has 0 aliphatic heterocycles. The van der Waals surface area contributed by atoms with Gasteiger partial charge in [0.25, 0.3) is 0 Å². The summed E-state index contributed by atoms with van der Waals surface area (Å²) >= 11 is 0. The molecule has 19 heavy (non-hydrogen) atoms. The molecule has 0 bridgehead atoms. The number of benzene rings is 1. The van der Waals surface area contributed by atoms with Gasteiger partial charge < -0.3 is 14.6 Å². The van der Waals surface area contributed by atoms with Crippen molar-refractivity contribution in [3.8, 4) is 11.5 Å². The van der Waals surface area contributed by atoms with Crippen LogP contribution in [0.25, 0.3) is 0 Å². The third-order valence-corrected chi connectivity index (χ3v) is 2.82. The summed E-state index contributed by atoms with van der Waals surface area (Å²) in [4.78, 5) is 0. The molecular weight excluding hydrogens is 244 g/mol. The highest BCUT2D eigenvalue weighted by molar-refractivity contribution is 5.41. The van der Waals surface area contributed by atoms with Crippen molar-refractivity contribution in [2.45, 2.75) is 19.6 Å². The first kappa shape index (κ1) is 13.4. The number of aromatic nitrogens is 2. The maximum absolute atomic E-state index is 9.73. The van der Waals surface area contributed by atoms with Gasteiger partial charge in [-0.2, -0.15) is 5.10 Å². The van der Waals surface area contributed by atoms with E-state index in [1.807, 2.05) is 19.3 Å². The normalized spacial score (nSPS) is 12.2. The first-order valence-electron chi connectivity index (χ1n) is 6.07. The minimum absolute atomic E-state index is 0.355. The van der Waals surface area contributed by atoms with E-state index in [0.717, 1.165) is 11.3 Å². The molecule has 0 aliphatic rings. The second kappa shape index (κ2) is 5.75. The number of methoxy groups -OCH3 is 1. The quantitative estimate of drug-likeness (QED) is 0.896. The first-order valence-corrected chi connectivity index (χ1v) is 6.07. The van der Waals surface area contributed by atoms with Gasteiger partial charge >= 0.3 is 0 Å². The monoisotopic (exact) mass is 262 g/mol. The number of aliphatic hydroxyl groups excluding tert-OH is 1. The van der Waals surface area contributed by atoms with Crippen LogP contribution in [0.4, 0.5) is 0 Å². The van der Waals surface area contributed by atoms with Crippen molar-refractivity contribution in [1.82, 2.24) is 9.78 Å². The van der Waals surface area contributed by atoms with Gasteiger partial charge in [-0.15, -0.1) is 0 Å². The molecule has 0 aliphatic carbocycles. The van der Waals surface area contributed by atoms with Crippen LogP contribution in [-0.2, 0) is 13.7 Å². The number of hydrogen-bond donors (Lipinski definition) is 1. The second-order valence-corrected chi connectivity index (χ2v) is 4.35. The zero-order valence-corrected chi connectivity index (χ0v) is 11.3. The molecule has 1 atom stereocenters. The lowest BCUT2D eigenvalue weighted by Gasteiger charge is -2.14. The standard InChI is InChI=1S/C14H18N2O3/c1-10(17)13-5-4-12(18-3)8-14(13)19-9-11-6-7-16(2)15-11/h4-8,10,17H,9H2,1-3H3/t10-/m0/s1. The topological polar surface area (TPSA) is 56.5 Å². The summed E-state index contributed by atoms with van der Waals surface area (Å²) in [5, 5.41) is 14.0. The van der Waals surface area contributed by atoms with E-state index in [0.29, 0.717) is 18.1 Å². The molecule has 0 fully saturated rings. The summed E-state index contributed by atoms with van der Waals surface area (Å²) in [5.41, 5.74) is 1.57. The van der Waals surface area contributed by atoms with E-state index in [-0.39, 0.29) is 0 Å². The summed E-state index contributed by atoms with van der Waals surface area (Å²) in [6.45, 7) is 2.06. The molecule has 2 aromatic rings. The van der Waals surface area contributed by atoms with Crippen LogP contribution in [0.5, 0.6) is 11.5 Å². The fraction of sp³-hybridized carbons (Fsp3) is 0.357. The van der Waals surface area contributed by atoms with Crippen LogP contribution in [0.2, 0.25) is 0 Å². The van der Waals surface area contributed by atoms with Crippen LogP contribution in [0.1, 0.15) is 24.3 Å². The number of hydrogen-bond acceptors (Lipinski definition) is 4. The van der Waals surface area contributed by atoms with Crippen molar-refractivity contribution in [2.24, 2.45) is 7.05 Å². The molecule has 5 nitrogen and oxygen atoms in total. The first-order chi connectivity index (χ1) is 9.10. The summed E-state index contributed by atoms with van der Waals surface area (Å²) in [5.74, 6) is 1.31. The lowest BCUT2D eigenvalue weighted by molar-refractivity contribution is 0.189. The van der Waals surface area contributed by atoms with Gasteiger partial charge in [-0.3, -0.25) is 4.68 Å². The maximum atomic E-state index is 9.73. The highest BCUT2D eigenvalue weighted by atomic mass is 16.5. The van der Waals surface area contributed by atoms with E-state index in [1.165, 1.54) is 0 Å². The predicted octanol–water partition coefficient (Wildman–Crippen LogP) is 2.06. The largest absolute Gasteiger partial charge is 0.497 e. The lowest BCUT2D eigenvalue weighted by atomic mass is 10.1. The molecule has 102 valence electrons. The number of rotatable bonds is 5. The highest BCUT2D eigenvalue weighted by Crippen LogP contribution is 2.29. The maximum Gasteiger partial charge on any atom is 0.132 e. The van der Waals surface area contributed by atoms with E-state index in [2.05, 4.69) is 5.10 Å². The number of aryl methyl sites for hydroxylation is 1. The highest BCUT2D eigenvalue weighted by Gasteiger charge is 2.11. The Morgan fingerprint density at radius 2 is 2.16 bits per heavy atom. The molecule has 2 rings (SSSR count). The van der Waals surface area contributed by atoms with E-state index in [4.69, 9.17) is 9.47 Å². The van der Waals surface area contributed by atoms with Gasteiger partial charge in [0.15, 0.2) is 0 Å². The van der Waals surface area contributed by atoms with Gasteiger partial charge in [0, 0.05) is 24.9 Å². The van der Waals surface area contributed by atoms with Crippen LogP contribution < -0.4 is 9.47 Å². The SMILES string of the molecule is COc1ccc([C@H](C)O)c(OCc2ccn(C)n2)c1. The summed E-state index contributed by atoms with van der Waals surface area (Å²) in [6.07, 6.45) is 1.27. The van der Waals surface area contributed by atoms with Crippen molar-refractivity contribution in [1.29, 1.82) is 0 Å².